The molecular formula is C12H8N2O2S. The molecule has 0 aliphatic carbocycles. The zero-order valence-electron chi connectivity index (χ0n) is 9.01. The van der Waals surface area contributed by atoms with Gasteiger partial charge in [0.15, 0.2) is 5.13 Å². The van der Waals surface area contributed by atoms with Crippen LogP contribution in [0.3, 0.4) is 0 Å². The topological polar surface area (TPSA) is 50.3 Å². The van der Waals surface area contributed by atoms with Crippen LogP contribution in [-0.4, -0.2) is 16.8 Å². The summed E-state index contributed by atoms with van der Waals surface area (Å²) in [6.45, 7) is 1.89. The molecule has 84 valence electrons. The molecule has 3 rings (SSSR count). The maximum atomic E-state index is 12.1. The van der Waals surface area contributed by atoms with E-state index >= 15 is 0 Å². The molecule has 0 spiro atoms. The number of carbonyl (C=O) groups excluding carboxylic acids is 2. The van der Waals surface area contributed by atoms with Gasteiger partial charge in [-0.3, -0.25) is 9.59 Å². The van der Waals surface area contributed by atoms with Gasteiger partial charge < -0.3 is 0 Å². The third-order valence-corrected chi connectivity index (χ3v) is 3.49. The Balaban J connectivity index is 2.12. The lowest BCUT2D eigenvalue weighted by atomic mass is 10.1. The van der Waals surface area contributed by atoms with E-state index in [1.807, 2.05) is 6.92 Å². The number of fused-ring (bicyclic) bond motifs is 1. The van der Waals surface area contributed by atoms with E-state index < -0.39 is 0 Å². The molecule has 1 aromatic carbocycles. The lowest BCUT2D eigenvalue weighted by Gasteiger charge is -2.08. The zero-order chi connectivity index (χ0) is 12.0. The van der Waals surface area contributed by atoms with Crippen molar-refractivity contribution in [1.82, 2.24) is 4.98 Å². The van der Waals surface area contributed by atoms with Crippen molar-refractivity contribution in [1.29, 1.82) is 0 Å². The predicted octanol–water partition coefficient (Wildman–Crippen LogP) is 2.25. The highest BCUT2D eigenvalue weighted by Crippen LogP contribution is 2.30. The van der Waals surface area contributed by atoms with Crippen molar-refractivity contribution in [2.75, 3.05) is 4.90 Å². The molecule has 0 radical (unpaired) electrons. The summed E-state index contributed by atoms with van der Waals surface area (Å²) in [5.41, 5.74) is 0.899. The summed E-state index contributed by atoms with van der Waals surface area (Å²) in [6.07, 6.45) is 1.66. The summed E-state index contributed by atoms with van der Waals surface area (Å²) >= 11 is 1.34. The molecule has 0 saturated heterocycles. The molecular weight excluding hydrogens is 236 g/mol. The second-order valence-electron chi connectivity index (χ2n) is 3.74. The molecule has 4 nitrogen and oxygen atoms in total. The minimum atomic E-state index is -0.292. The van der Waals surface area contributed by atoms with Crippen LogP contribution in [0.25, 0.3) is 0 Å². The fourth-order valence-electron chi connectivity index (χ4n) is 1.81. The average Bonchev–Trinajstić information content (AvgIpc) is 2.84. The molecule has 1 aliphatic rings. The van der Waals surface area contributed by atoms with Gasteiger partial charge in [0.05, 0.1) is 11.1 Å². The molecule has 0 bridgehead atoms. The van der Waals surface area contributed by atoms with Crippen LogP contribution in [-0.2, 0) is 0 Å². The quantitative estimate of drug-likeness (QED) is 0.723. The second kappa shape index (κ2) is 3.49. The maximum absolute atomic E-state index is 12.1. The van der Waals surface area contributed by atoms with Gasteiger partial charge in [0.1, 0.15) is 0 Å². The number of aryl methyl sites for hydroxylation is 1. The fraction of sp³-hybridized carbons (Fsp3) is 0.0833. The standard InChI is InChI=1S/C12H8N2O2S/c1-7-6-13-12(17-7)14-10(15)8-4-2-3-5-9(8)11(14)16/h2-6H,1H3. The number of hydrogen-bond donors (Lipinski definition) is 0. The number of benzene rings is 1. The van der Waals surface area contributed by atoms with Crippen molar-refractivity contribution in [3.63, 3.8) is 0 Å². The first kappa shape index (κ1) is 10.2. The molecule has 0 atom stereocenters. The summed E-state index contributed by atoms with van der Waals surface area (Å²) in [4.78, 5) is 30.4. The van der Waals surface area contributed by atoms with Gasteiger partial charge in [-0.25, -0.2) is 9.88 Å². The lowest BCUT2D eigenvalue weighted by molar-refractivity contribution is 0.0926. The van der Waals surface area contributed by atoms with Crippen molar-refractivity contribution >= 4 is 28.3 Å². The first-order chi connectivity index (χ1) is 8.18. The normalized spacial score (nSPS) is 14.3. The van der Waals surface area contributed by atoms with Gasteiger partial charge >= 0.3 is 0 Å². The highest BCUT2D eigenvalue weighted by Gasteiger charge is 2.37. The van der Waals surface area contributed by atoms with Gasteiger partial charge in [0.2, 0.25) is 0 Å². The molecule has 0 unspecified atom stereocenters. The zero-order valence-corrected chi connectivity index (χ0v) is 9.82. The maximum Gasteiger partial charge on any atom is 0.268 e. The number of nitrogens with zero attached hydrogens (tertiary/aromatic N) is 2. The number of aromatic nitrogens is 1. The highest BCUT2D eigenvalue weighted by atomic mass is 32.1. The average molecular weight is 244 g/mol. The van der Waals surface area contributed by atoms with Crippen LogP contribution in [0.2, 0.25) is 0 Å². The number of amides is 2. The summed E-state index contributed by atoms with van der Waals surface area (Å²) in [5, 5.41) is 0.439. The van der Waals surface area contributed by atoms with Gasteiger partial charge in [-0.2, -0.15) is 0 Å². The molecule has 0 fully saturated rings. The van der Waals surface area contributed by atoms with Crippen LogP contribution in [0.15, 0.2) is 30.5 Å². The van der Waals surface area contributed by atoms with Gasteiger partial charge in [-0.1, -0.05) is 12.1 Å². The highest BCUT2D eigenvalue weighted by molar-refractivity contribution is 7.16. The molecule has 0 saturated carbocycles. The first-order valence-electron chi connectivity index (χ1n) is 5.09. The van der Waals surface area contributed by atoms with Crippen LogP contribution < -0.4 is 4.90 Å². The van der Waals surface area contributed by atoms with Crippen molar-refractivity contribution in [2.45, 2.75) is 6.92 Å². The summed E-state index contributed by atoms with van der Waals surface area (Å²) < 4.78 is 0. The molecule has 5 heteroatoms. The smallest absolute Gasteiger partial charge is 0.268 e. The van der Waals surface area contributed by atoms with Gasteiger partial charge in [0.25, 0.3) is 11.8 Å². The van der Waals surface area contributed by atoms with Crippen LogP contribution in [0, 0.1) is 6.92 Å². The van der Waals surface area contributed by atoms with Crippen LogP contribution in [0.5, 0.6) is 0 Å². The first-order valence-corrected chi connectivity index (χ1v) is 5.90. The lowest BCUT2D eigenvalue weighted by Crippen LogP contribution is -2.29. The minimum absolute atomic E-state index is 0.292. The van der Waals surface area contributed by atoms with E-state index in [9.17, 15) is 9.59 Å². The van der Waals surface area contributed by atoms with Crippen LogP contribution >= 0.6 is 11.3 Å². The summed E-state index contributed by atoms with van der Waals surface area (Å²) in [6, 6.07) is 6.83. The van der Waals surface area contributed by atoms with Crippen molar-refractivity contribution < 1.29 is 9.59 Å². The Labute approximate surface area is 102 Å². The Bertz CT molecular complexity index is 598. The van der Waals surface area contributed by atoms with E-state index in [1.54, 1.807) is 30.5 Å². The summed E-state index contributed by atoms with van der Waals surface area (Å²) in [5.74, 6) is -0.583. The monoisotopic (exact) mass is 244 g/mol. The van der Waals surface area contributed by atoms with Gasteiger partial charge in [0, 0.05) is 11.1 Å². The Morgan fingerprint density at radius 3 is 2.18 bits per heavy atom. The van der Waals surface area contributed by atoms with E-state index in [0.29, 0.717) is 16.3 Å². The largest absolute Gasteiger partial charge is 0.268 e. The number of rotatable bonds is 1. The molecule has 1 aromatic heterocycles. The van der Waals surface area contributed by atoms with Crippen molar-refractivity contribution in [3.05, 3.63) is 46.5 Å². The Morgan fingerprint density at radius 2 is 1.71 bits per heavy atom. The fourth-order valence-corrected chi connectivity index (χ4v) is 2.57. The van der Waals surface area contributed by atoms with Crippen molar-refractivity contribution in [3.8, 4) is 0 Å². The third-order valence-electron chi connectivity index (χ3n) is 2.59. The molecule has 1 aliphatic heterocycles. The number of imide groups is 1. The van der Waals surface area contributed by atoms with Crippen molar-refractivity contribution in [2.24, 2.45) is 0 Å². The molecule has 2 heterocycles. The number of hydrogen-bond acceptors (Lipinski definition) is 4. The molecule has 17 heavy (non-hydrogen) atoms. The van der Waals surface area contributed by atoms with E-state index in [1.165, 1.54) is 11.3 Å². The molecule has 2 amide bonds. The summed E-state index contributed by atoms with van der Waals surface area (Å²) in [7, 11) is 0. The van der Waals surface area contributed by atoms with E-state index in [4.69, 9.17) is 0 Å². The Hall–Kier alpha value is -2.01. The molecule has 2 aromatic rings. The predicted molar refractivity (Wildman–Crippen MR) is 64.4 cm³/mol. The van der Waals surface area contributed by atoms with Crippen LogP contribution in [0.1, 0.15) is 25.6 Å². The van der Waals surface area contributed by atoms with Gasteiger partial charge in [-0.05, 0) is 19.1 Å². The Kier molecular flexibility index (Phi) is 2.09. The number of carbonyl (C=O) groups is 2. The van der Waals surface area contributed by atoms with Crippen LogP contribution in [0.4, 0.5) is 5.13 Å². The van der Waals surface area contributed by atoms with Gasteiger partial charge in [-0.15, -0.1) is 11.3 Å². The van der Waals surface area contributed by atoms with E-state index in [0.717, 1.165) is 9.78 Å². The van der Waals surface area contributed by atoms with E-state index in [-0.39, 0.29) is 11.8 Å². The minimum Gasteiger partial charge on any atom is -0.268 e. The molecule has 0 N–H and O–H groups in total. The SMILES string of the molecule is Cc1cnc(N2C(=O)c3ccccc3C2=O)s1. The third kappa shape index (κ3) is 1.39. The number of thiazole rings is 1. The van der Waals surface area contributed by atoms with E-state index in [2.05, 4.69) is 4.98 Å². The second-order valence-corrected chi connectivity index (χ2v) is 4.96. The Morgan fingerprint density at radius 1 is 1.12 bits per heavy atom. The number of anilines is 1.